The Hall–Kier alpha value is -3.90. The zero-order chi connectivity index (χ0) is 29.0. The minimum Gasteiger partial charge on any atom is -0.508 e. The van der Waals surface area contributed by atoms with E-state index < -0.39 is 5.41 Å². The normalized spacial score (nSPS) is 29.6. The van der Waals surface area contributed by atoms with E-state index in [4.69, 9.17) is 9.47 Å². The number of aromatic hydroxyl groups is 1. The van der Waals surface area contributed by atoms with Crippen LogP contribution in [0, 0.1) is 23.2 Å². The predicted octanol–water partition coefficient (Wildman–Crippen LogP) is 7.00. The molecule has 0 aromatic heterocycles. The van der Waals surface area contributed by atoms with Gasteiger partial charge in [0, 0.05) is 23.7 Å². The number of hydrogen-bond donors (Lipinski definition) is 2. The number of carbonyl (C=O) groups is 2. The highest BCUT2D eigenvalue weighted by molar-refractivity contribution is 6.07. The average Bonchev–Trinajstić information content (AvgIpc) is 3.49. The first kappa shape index (κ1) is 27.0. The summed E-state index contributed by atoms with van der Waals surface area (Å²) in [7, 11) is 0. The number of phenolic OH excluding ortho intramolecular Hbond substituents is 1. The zero-order valence-electron chi connectivity index (χ0n) is 23.9. The van der Waals surface area contributed by atoms with E-state index in [0.717, 1.165) is 65.5 Å². The summed E-state index contributed by atoms with van der Waals surface area (Å²) < 4.78 is 12.1. The molecule has 4 atom stereocenters. The van der Waals surface area contributed by atoms with Crippen LogP contribution in [0.1, 0.15) is 63.9 Å². The molecule has 2 fully saturated rings. The number of hydrogen-bond acceptors (Lipinski definition) is 6. The minimum absolute atomic E-state index is 0.0333. The number of ether oxygens (including phenoxy) is 2. The molecular weight excluding hydrogens is 528 g/mol. The summed E-state index contributed by atoms with van der Waals surface area (Å²) in [5.41, 5.74) is 5.33. The van der Waals surface area contributed by atoms with E-state index in [2.05, 4.69) is 6.92 Å². The van der Waals surface area contributed by atoms with Gasteiger partial charge in [-0.3, -0.25) is 0 Å². The molecule has 4 unspecified atom stereocenters. The second kappa shape index (κ2) is 10.4. The molecule has 2 N–H and O–H groups in total. The van der Waals surface area contributed by atoms with Gasteiger partial charge in [0.05, 0.1) is 11.0 Å². The number of rotatable bonds is 7. The van der Waals surface area contributed by atoms with E-state index in [1.807, 2.05) is 48.6 Å². The van der Waals surface area contributed by atoms with Gasteiger partial charge < -0.3 is 19.7 Å². The second-order valence-corrected chi connectivity index (χ2v) is 12.1. The molecule has 216 valence electrons. The summed E-state index contributed by atoms with van der Waals surface area (Å²) in [6.45, 7) is 2.15. The highest BCUT2D eigenvalue weighted by atomic mass is 16.5. The van der Waals surface area contributed by atoms with Crippen LogP contribution in [-0.4, -0.2) is 28.8 Å². The molecule has 6 aliphatic rings. The third kappa shape index (κ3) is 3.88. The molecule has 2 bridgehead atoms. The number of esters is 2. The van der Waals surface area contributed by atoms with Gasteiger partial charge in [0.25, 0.3) is 0 Å². The Morgan fingerprint density at radius 3 is 2.57 bits per heavy atom. The number of aliphatic hydroxyl groups is 1. The van der Waals surface area contributed by atoms with Crippen molar-refractivity contribution in [3.05, 3.63) is 94.5 Å². The Bertz CT molecular complexity index is 1590. The van der Waals surface area contributed by atoms with Crippen molar-refractivity contribution in [3.8, 4) is 16.9 Å². The summed E-state index contributed by atoms with van der Waals surface area (Å²) in [6, 6.07) is 15.5. The van der Waals surface area contributed by atoms with E-state index in [1.165, 1.54) is 0 Å². The first-order chi connectivity index (χ1) is 20.5. The van der Waals surface area contributed by atoms with Crippen LogP contribution in [0.3, 0.4) is 0 Å². The van der Waals surface area contributed by atoms with Crippen LogP contribution in [0.15, 0.2) is 88.9 Å². The molecule has 2 aliphatic heterocycles. The van der Waals surface area contributed by atoms with E-state index in [-0.39, 0.29) is 42.0 Å². The van der Waals surface area contributed by atoms with E-state index in [1.54, 1.807) is 12.1 Å². The molecule has 2 aromatic rings. The first-order valence-corrected chi connectivity index (χ1v) is 15.3. The Labute approximate surface area is 246 Å². The molecule has 8 rings (SSSR count). The number of aliphatic hydroxyl groups excluding tert-OH is 1. The molecular formula is C36H36O6. The number of benzene rings is 2. The first-order valence-electron chi connectivity index (χ1n) is 15.3. The van der Waals surface area contributed by atoms with Crippen molar-refractivity contribution in [1.82, 2.24) is 0 Å². The van der Waals surface area contributed by atoms with E-state index in [9.17, 15) is 19.8 Å². The number of phenols is 1. The number of allylic oxidation sites excluding steroid dienone is 5. The van der Waals surface area contributed by atoms with Crippen LogP contribution >= 0.6 is 0 Å². The summed E-state index contributed by atoms with van der Waals surface area (Å²) in [5, 5.41) is 20.2. The predicted molar refractivity (Wildman–Crippen MR) is 158 cm³/mol. The Morgan fingerprint density at radius 1 is 0.952 bits per heavy atom. The van der Waals surface area contributed by atoms with Gasteiger partial charge in [0.1, 0.15) is 17.3 Å². The van der Waals surface area contributed by atoms with Gasteiger partial charge in [-0.05, 0) is 103 Å². The van der Waals surface area contributed by atoms with Gasteiger partial charge in [-0.1, -0.05) is 49.7 Å². The monoisotopic (exact) mass is 564 g/mol. The lowest BCUT2D eigenvalue weighted by Gasteiger charge is -2.56. The lowest BCUT2D eigenvalue weighted by atomic mass is 9.44. The van der Waals surface area contributed by atoms with Crippen molar-refractivity contribution in [1.29, 1.82) is 0 Å². The molecule has 1 saturated heterocycles. The minimum atomic E-state index is -0.791. The highest BCUT2D eigenvalue weighted by Gasteiger charge is 2.68. The van der Waals surface area contributed by atoms with Crippen LogP contribution in [-0.2, 0) is 19.1 Å². The Kier molecular flexibility index (Phi) is 6.69. The Morgan fingerprint density at radius 2 is 1.79 bits per heavy atom. The van der Waals surface area contributed by atoms with Crippen molar-refractivity contribution in [3.63, 3.8) is 0 Å². The largest absolute Gasteiger partial charge is 0.508 e. The summed E-state index contributed by atoms with van der Waals surface area (Å²) in [5.74, 6) is 0.719. The fraction of sp³-hybridized carbons (Fsp3) is 0.389. The number of cyclic esters (lactones) is 2. The molecule has 4 aliphatic carbocycles. The molecule has 6 heteroatoms. The van der Waals surface area contributed by atoms with Gasteiger partial charge in [-0.25, -0.2) is 9.59 Å². The third-order valence-corrected chi connectivity index (χ3v) is 10.0. The van der Waals surface area contributed by atoms with Gasteiger partial charge in [-0.15, -0.1) is 0 Å². The van der Waals surface area contributed by atoms with Crippen molar-refractivity contribution >= 4 is 17.5 Å². The number of fused-ring (bicyclic) bond motifs is 1. The molecule has 1 spiro atoms. The molecule has 2 aromatic carbocycles. The Balaban J connectivity index is 1.49. The van der Waals surface area contributed by atoms with Gasteiger partial charge in [-0.2, -0.15) is 0 Å². The number of unbranched alkanes of at least 4 members (excludes halogenated alkanes) is 2. The standard InChI is InChI=1S/C36H36O6/c1-2-3-11-28-26-16-15-25-24-17-18-36(32(25)31(26)34(39)41-28)29(12-7-8-19-37)42-35(40)33(36)30(24)27-20-22(38)13-14-23(27)21-9-5-4-6-10-21/h4-6,9-14,20,24-25,32,37-38H,2-3,7-8,15-19H2,1H3. The number of carbonyl (C=O) groups excluding carboxylic acids is 2. The summed E-state index contributed by atoms with van der Waals surface area (Å²) in [4.78, 5) is 27.7. The summed E-state index contributed by atoms with van der Waals surface area (Å²) in [6.07, 6.45) is 10.1. The van der Waals surface area contributed by atoms with E-state index in [0.29, 0.717) is 36.4 Å². The van der Waals surface area contributed by atoms with Gasteiger partial charge in [0.2, 0.25) is 0 Å². The molecule has 42 heavy (non-hydrogen) atoms. The summed E-state index contributed by atoms with van der Waals surface area (Å²) >= 11 is 0. The van der Waals surface area contributed by atoms with Crippen molar-refractivity contribution in [2.75, 3.05) is 6.61 Å². The van der Waals surface area contributed by atoms with E-state index >= 15 is 0 Å². The molecule has 2 heterocycles. The zero-order valence-corrected chi connectivity index (χ0v) is 23.9. The van der Waals surface area contributed by atoms with Gasteiger partial charge in [0.15, 0.2) is 0 Å². The average molecular weight is 565 g/mol. The highest BCUT2D eigenvalue weighted by Crippen LogP contribution is 2.72. The maximum absolute atomic E-state index is 14.0. The van der Waals surface area contributed by atoms with Crippen LogP contribution in [0.5, 0.6) is 5.75 Å². The van der Waals surface area contributed by atoms with Crippen LogP contribution in [0.2, 0.25) is 0 Å². The topological polar surface area (TPSA) is 93.1 Å². The maximum atomic E-state index is 14.0. The van der Waals surface area contributed by atoms with Crippen molar-refractivity contribution in [2.24, 2.45) is 23.2 Å². The quantitative estimate of drug-likeness (QED) is 0.278. The molecule has 0 radical (unpaired) electrons. The van der Waals surface area contributed by atoms with Crippen molar-refractivity contribution < 1.29 is 29.3 Å². The molecule has 0 amide bonds. The fourth-order valence-corrected chi connectivity index (χ4v) is 8.48. The van der Waals surface area contributed by atoms with Crippen LogP contribution in [0.4, 0.5) is 0 Å². The fourth-order valence-electron chi connectivity index (χ4n) is 8.48. The lowest BCUT2D eigenvalue weighted by molar-refractivity contribution is -0.135. The maximum Gasteiger partial charge on any atom is 0.340 e. The smallest absolute Gasteiger partial charge is 0.340 e. The molecule has 1 saturated carbocycles. The van der Waals surface area contributed by atoms with Crippen molar-refractivity contribution in [2.45, 2.75) is 58.3 Å². The lowest BCUT2D eigenvalue weighted by Crippen LogP contribution is -2.52. The second-order valence-electron chi connectivity index (χ2n) is 12.1. The van der Waals surface area contributed by atoms with Crippen LogP contribution in [0.25, 0.3) is 16.7 Å². The van der Waals surface area contributed by atoms with Gasteiger partial charge >= 0.3 is 11.9 Å². The SMILES string of the molecule is CCCC=C1OC(=O)C2=C1CCC1C3CCC4(C(=CCCCO)OC(=O)C4=C3c3cc(O)ccc3-c3ccccc3)C21. The molecule has 6 nitrogen and oxygen atoms in total. The third-order valence-electron chi connectivity index (χ3n) is 10.0. The van der Waals surface area contributed by atoms with Crippen LogP contribution < -0.4 is 0 Å².